The van der Waals surface area contributed by atoms with Crippen molar-refractivity contribution in [2.24, 2.45) is 5.73 Å². The van der Waals surface area contributed by atoms with Crippen LogP contribution in [0.3, 0.4) is 0 Å². The van der Waals surface area contributed by atoms with E-state index in [-0.39, 0.29) is 11.9 Å². The minimum Gasteiger partial charge on any atom is -0.473 e. The second-order valence-electron chi connectivity index (χ2n) is 4.85. The number of furan rings is 1. The molecule has 1 aromatic heterocycles. The molecule has 22 heavy (non-hydrogen) atoms. The van der Waals surface area contributed by atoms with Crippen molar-refractivity contribution in [1.82, 2.24) is 0 Å². The van der Waals surface area contributed by atoms with Crippen LogP contribution in [0.4, 0.5) is 4.39 Å². The maximum absolute atomic E-state index is 13.5. The number of rotatable bonds is 3. The van der Waals surface area contributed by atoms with Gasteiger partial charge in [0.1, 0.15) is 11.4 Å². The second kappa shape index (κ2) is 7.56. The number of aliphatic carboxylic acids is 2. The van der Waals surface area contributed by atoms with E-state index in [1.807, 2.05) is 13.8 Å². The summed E-state index contributed by atoms with van der Waals surface area (Å²) in [6.45, 7) is 3.93. The normalized spacial score (nSPS) is 11.6. The lowest BCUT2D eigenvalue weighted by Crippen LogP contribution is -2.17. The van der Waals surface area contributed by atoms with Gasteiger partial charge in [-0.25, -0.2) is 14.0 Å². The van der Waals surface area contributed by atoms with Gasteiger partial charge in [0, 0.05) is 11.4 Å². The van der Waals surface area contributed by atoms with Crippen LogP contribution >= 0.6 is 0 Å². The van der Waals surface area contributed by atoms with E-state index in [1.165, 1.54) is 12.1 Å². The summed E-state index contributed by atoms with van der Waals surface area (Å²) in [5.74, 6) is -3.87. The molecule has 0 radical (unpaired) electrons. The second-order valence-corrected chi connectivity index (χ2v) is 4.85. The van der Waals surface area contributed by atoms with E-state index >= 15 is 0 Å². The van der Waals surface area contributed by atoms with Gasteiger partial charge in [-0.2, -0.15) is 0 Å². The highest BCUT2D eigenvalue weighted by molar-refractivity contribution is 6.27. The molecule has 0 saturated carbocycles. The molecule has 0 amide bonds. The Bertz CT molecular complexity index is 666. The Morgan fingerprint density at radius 1 is 1.27 bits per heavy atom. The molecule has 0 bridgehead atoms. The highest BCUT2D eigenvalue weighted by Gasteiger charge is 2.12. The molecular weight excluding hydrogens is 293 g/mol. The summed E-state index contributed by atoms with van der Waals surface area (Å²) >= 11 is 0. The number of benzene rings is 1. The molecule has 6 nitrogen and oxygen atoms in total. The Kier molecular flexibility index (Phi) is 6.06. The third kappa shape index (κ3) is 4.56. The van der Waals surface area contributed by atoms with Crippen molar-refractivity contribution in [2.45, 2.75) is 32.7 Å². The Morgan fingerprint density at radius 3 is 2.32 bits per heavy atom. The van der Waals surface area contributed by atoms with Gasteiger partial charge in [0.15, 0.2) is 0 Å². The Labute approximate surface area is 126 Å². The lowest BCUT2D eigenvalue weighted by Gasteiger charge is -2.06. The summed E-state index contributed by atoms with van der Waals surface area (Å²) < 4.78 is 19.0. The number of hydrogen-bond acceptors (Lipinski definition) is 4. The van der Waals surface area contributed by atoms with Crippen LogP contribution < -0.4 is 5.73 Å². The predicted molar refractivity (Wildman–Crippen MR) is 78.2 cm³/mol. The molecule has 2 aromatic rings. The molecule has 4 N–H and O–H groups in total. The maximum Gasteiger partial charge on any atom is 0.414 e. The molecule has 1 unspecified atom stereocenters. The number of carboxylic acid groups (broad SMARTS) is 2. The van der Waals surface area contributed by atoms with Crippen LogP contribution in [0.5, 0.6) is 0 Å². The molecule has 1 heterocycles. The fraction of sp³-hybridized carbons (Fsp3) is 0.333. The zero-order valence-corrected chi connectivity index (χ0v) is 12.3. The zero-order chi connectivity index (χ0) is 16.9. The van der Waals surface area contributed by atoms with E-state index < -0.39 is 11.9 Å². The van der Waals surface area contributed by atoms with Crippen molar-refractivity contribution in [3.8, 4) is 0 Å². The Balaban J connectivity index is 0.000000346. The van der Waals surface area contributed by atoms with Crippen molar-refractivity contribution in [1.29, 1.82) is 0 Å². The SMILES string of the molecule is CCc1coc2c(CC(C)N)cc(F)cc12.O=C(O)C(=O)O. The molecule has 0 aliphatic rings. The number of fused-ring (bicyclic) bond motifs is 1. The highest BCUT2D eigenvalue weighted by atomic mass is 19.1. The molecule has 1 aromatic carbocycles. The van der Waals surface area contributed by atoms with Gasteiger partial charge >= 0.3 is 11.9 Å². The minimum atomic E-state index is -1.82. The Morgan fingerprint density at radius 2 is 1.86 bits per heavy atom. The zero-order valence-electron chi connectivity index (χ0n) is 12.3. The highest BCUT2D eigenvalue weighted by Crippen LogP contribution is 2.27. The summed E-state index contributed by atoms with van der Waals surface area (Å²) in [6.07, 6.45) is 3.17. The van der Waals surface area contributed by atoms with E-state index in [9.17, 15) is 4.39 Å². The first-order valence-electron chi connectivity index (χ1n) is 6.66. The lowest BCUT2D eigenvalue weighted by atomic mass is 10.0. The lowest BCUT2D eigenvalue weighted by molar-refractivity contribution is -0.159. The van der Waals surface area contributed by atoms with Gasteiger partial charge in [-0.3, -0.25) is 0 Å². The van der Waals surface area contributed by atoms with Gasteiger partial charge in [-0.15, -0.1) is 0 Å². The standard InChI is InChI=1S/C13H16FNO.C2H2O4/c1-3-9-7-16-13-10(4-8(2)15)5-11(14)6-12(9)13;3-1(4)2(5)6/h5-8H,3-4,15H2,1-2H3;(H,3,4)(H,5,6). The summed E-state index contributed by atoms with van der Waals surface area (Å²) in [5, 5.41) is 15.7. The fourth-order valence-electron chi connectivity index (χ4n) is 1.99. The number of hydrogen-bond donors (Lipinski definition) is 3. The molecule has 2 rings (SSSR count). The monoisotopic (exact) mass is 311 g/mol. The quantitative estimate of drug-likeness (QED) is 0.749. The molecule has 1 atom stereocenters. The smallest absolute Gasteiger partial charge is 0.414 e. The van der Waals surface area contributed by atoms with Gasteiger partial charge in [0.25, 0.3) is 0 Å². The van der Waals surface area contributed by atoms with Crippen molar-refractivity contribution < 1.29 is 28.6 Å². The summed E-state index contributed by atoms with van der Waals surface area (Å²) in [5.41, 5.74) is 8.41. The number of carboxylic acids is 2. The van der Waals surface area contributed by atoms with Crippen LogP contribution in [0.2, 0.25) is 0 Å². The number of carbonyl (C=O) groups is 2. The number of nitrogens with two attached hydrogens (primary N) is 1. The summed E-state index contributed by atoms with van der Waals surface area (Å²) in [7, 11) is 0. The maximum atomic E-state index is 13.5. The van der Waals surface area contributed by atoms with Crippen molar-refractivity contribution >= 4 is 22.9 Å². The van der Waals surface area contributed by atoms with Crippen molar-refractivity contribution in [3.05, 3.63) is 35.3 Å². The molecule has 120 valence electrons. The van der Waals surface area contributed by atoms with Crippen LogP contribution in [0.25, 0.3) is 11.0 Å². The predicted octanol–water partition coefficient (Wildman–Crippen LogP) is 2.18. The van der Waals surface area contributed by atoms with E-state index in [2.05, 4.69) is 0 Å². The van der Waals surface area contributed by atoms with Gasteiger partial charge < -0.3 is 20.4 Å². The summed E-state index contributed by atoms with van der Waals surface area (Å²) in [4.78, 5) is 18.2. The molecule has 0 aliphatic heterocycles. The van der Waals surface area contributed by atoms with E-state index in [1.54, 1.807) is 6.26 Å². The van der Waals surface area contributed by atoms with Crippen LogP contribution in [-0.4, -0.2) is 28.2 Å². The number of aryl methyl sites for hydroxylation is 1. The molecule has 7 heteroatoms. The van der Waals surface area contributed by atoms with Gasteiger partial charge in [-0.05, 0) is 43.0 Å². The minimum absolute atomic E-state index is 0.000163. The van der Waals surface area contributed by atoms with Crippen LogP contribution in [0.15, 0.2) is 22.8 Å². The molecule has 0 aliphatic carbocycles. The van der Waals surface area contributed by atoms with Gasteiger partial charge in [-0.1, -0.05) is 6.92 Å². The average Bonchev–Trinajstić information content (AvgIpc) is 2.81. The van der Waals surface area contributed by atoms with E-state index in [4.69, 9.17) is 30.0 Å². The first kappa shape index (κ1) is 17.6. The topological polar surface area (TPSA) is 114 Å². The molecule has 0 saturated heterocycles. The van der Waals surface area contributed by atoms with E-state index in [0.29, 0.717) is 6.42 Å². The van der Waals surface area contributed by atoms with Crippen molar-refractivity contribution in [2.75, 3.05) is 0 Å². The first-order valence-corrected chi connectivity index (χ1v) is 6.66. The third-order valence-corrected chi connectivity index (χ3v) is 2.90. The summed E-state index contributed by atoms with van der Waals surface area (Å²) in [6, 6.07) is 3.04. The van der Waals surface area contributed by atoms with Crippen LogP contribution in [0.1, 0.15) is 25.0 Å². The molecule has 0 spiro atoms. The van der Waals surface area contributed by atoms with Crippen LogP contribution in [0, 0.1) is 5.82 Å². The largest absolute Gasteiger partial charge is 0.473 e. The van der Waals surface area contributed by atoms with Gasteiger partial charge in [0.05, 0.1) is 6.26 Å². The average molecular weight is 311 g/mol. The van der Waals surface area contributed by atoms with Crippen LogP contribution in [-0.2, 0) is 22.4 Å². The van der Waals surface area contributed by atoms with Crippen molar-refractivity contribution in [3.63, 3.8) is 0 Å². The first-order chi connectivity index (χ1) is 10.3. The van der Waals surface area contributed by atoms with Gasteiger partial charge in [0.2, 0.25) is 0 Å². The molecular formula is C15H18FNO5. The van der Waals surface area contributed by atoms with E-state index in [0.717, 1.165) is 28.5 Å². The fourth-order valence-corrected chi connectivity index (χ4v) is 1.99. The number of halogens is 1. The third-order valence-electron chi connectivity index (χ3n) is 2.90. The molecule has 0 fully saturated rings. The Hall–Kier alpha value is -2.41.